The number of oxazole rings is 1. The Balaban J connectivity index is 1.49. The van der Waals surface area contributed by atoms with Gasteiger partial charge in [-0.05, 0) is 53.8 Å². The molecule has 1 aliphatic heterocycles. The summed E-state index contributed by atoms with van der Waals surface area (Å²) in [7, 11) is 0. The van der Waals surface area contributed by atoms with Gasteiger partial charge in [0.15, 0.2) is 5.58 Å². The molecule has 4 rings (SSSR count). The second-order valence-electron chi connectivity index (χ2n) is 8.57. The van der Waals surface area contributed by atoms with Gasteiger partial charge in [0.05, 0.1) is 0 Å². The van der Waals surface area contributed by atoms with Gasteiger partial charge in [-0.1, -0.05) is 38.4 Å². The molecule has 5 nitrogen and oxygen atoms in total. The summed E-state index contributed by atoms with van der Waals surface area (Å²) in [5, 5.41) is 0.633. The first kappa shape index (κ1) is 19.8. The van der Waals surface area contributed by atoms with Crippen molar-refractivity contribution in [1.29, 1.82) is 0 Å². The molecule has 0 saturated carbocycles. The van der Waals surface area contributed by atoms with Crippen molar-refractivity contribution >= 4 is 34.6 Å². The number of carbonyl (C=O) groups excluding carboxylic acids is 1. The molecule has 1 saturated heterocycles. The summed E-state index contributed by atoms with van der Waals surface area (Å²) in [6.45, 7) is 9.42. The van der Waals surface area contributed by atoms with E-state index in [9.17, 15) is 4.79 Å². The number of carbonyl (C=O) groups is 1. The Hall–Kier alpha value is -2.53. The summed E-state index contributed by atoms with van der Waals surface area (Å²) in [5.74, 6) is 0.0379. The summed E-state index contributed by atoms with van der Waals surface area (Å²) in [4.78, 5) is 21.6. The molecule has 152 valence electrons. The van der Waals surface area contributed by atoms with E-state index in [-0.39, 0.29) is 11.3 Å². The van der Waals surface area contributed by atoms with Gasteiger partial charge in [-0.25, -0.2) is 0 Å². The van der Waals surface area contributed by atoms with E-state index < -0.39 is 0 Å². The molecule has 6 heteroatoms. The highest BCUT2D eigenvalue weighted by Crippen LogP contribution is 2.29. The minimum absolute atomic E-state index is 0.0379. The van der Waals surface area contributed by atoms with Gasteiger partial charge in [0.1, 0.15) is 5.52 Å². The zero-order valence-corrected chi connectivity index (χ0v) is 17.9. The van der Waals surface area contributed by atoms with E-state index in [4.69, 9.17) is 21.0 Å². The summed E-state index contributed by atoms with van der Waals surface area (Å²) >= 11 is 5.93. The highest BCUT2D eigenvalue weighted by molar-refractivity contribution is 6.30. The second-order valence-corrected chi connectivity index (χ2v) is 9.01. The Morgan fingerprint density at radius 3 is 2.52 bits per heavy atom. The second kappa shape index (κ2) is 7.71. The van der Waals surface area contributed by atoms with E-state index in [1.807, 2.05) is 11.0 Å². The number of nitrogens with zero attached hydrogens (tertiary/aromatic N) is 3. The molecule has 3 aromatic rings. The molecule has 0 atom stereocenters. The molecule has 2 heterocycles. The number of rotatable bonds is 2. The van der Waals surface area contributed by atoms with E-state index in [0.717, 1.165) is 24.1 Å². The molecule has 0 radical (unpaired) electrons. The molecule has 0 spiro atoms. The van der Waals surface area contributed by atoms with Gasteiger partial charge in [0.25, 0.3) is 11.9 Å². The third-order valence-corrected chi connectivity index (χ3v) is 5.64. The van der Waals surface area contributed by atoms with Crippen molar-refractivity contribution in [3.05, 3.63) is 58.6 Å². The molecule has 2 aromatic carbocycles. The van der Waals surface area contributed by atoms with E-state index >= 15 is 0 Å². The lowest BCUT2D eigenvalue weighted by Crippen LogP contribution is -2.35. The smallest absolute Gasteiger partial charge is 0.298 e. The number of hydrogen-bond donors (Lipinski definition) is 0. The van der Waals surface area contributed by atoms with E-state index in [0.29, 0.717) is 36.2 Å². The Morgan fingerprint density at radius 2 is 1.79 bits per heavy atom. The lowest BCUT2D eigenvalue weighted by molar-refractivity contribution is 0.0767. The summed E-state index contributed by atoms with van der Waals surface area (Å²) in [6, 6.07) is 13.9. The summed E-state index contributed by atoms with van der Waals surface area (Å²) in [5.41, 5.74) is 3.65. The fourth-order valence-corrected chi connectivity index (χ4v) is 3.73. The van der Waals surface area contributed by atoms with Crippen molar-refractivity contribution in [2.24, 2.45) is 0 Å². The minimum Gasteiger partial charge on any atom is -0.423 e. The number of fused-ring (bicyclic) bond motifs is 1. The van der Waals surface area contributed by atoms with Crippen LogP contribution in [-0.4, -0.2) is 42.0 Å². The van der Waals surface area contributed by atoms with Crippen molar-refractivity contribution in [2.75, 3.05) is 31.1 Å². The highest BCUT2D eigenvalue weighted by atomic mass is 35.5. The number of anilines is 1. The normalized spacial score (nSPS) is 15.6. The van der Waals surface area contributed by atoms with Gasteiger partial charge in [0.2, 0.25) is 0 Å². The Labute approximate surface area is 176 Å². The van der Waals surface area contributed by atoms with Gasteiger partial charge < -0.3 is 14.2 Å². The average Bonchev–Trinajstić information content (AvgIpc) is 2.95. The SMILES string of the molecule is CC(C)(C)c1ccc2oc(N3CCCN(C(=O)c4ccc(Cl)cc4)CC3)nc2c1. The van der Waals surface area contributed by atoms with Crippen molar-refractivity contribution in [3.63, 3.8) is 0 Å². The molecule has 1 aliphatic rings. The van der Waals surface area contributed by atoms with Crippen molar-refractivity contribution < 1.29 is 9.21 Å². The van der Waals surface area contributed by atoms with Gasteiger partial charge in [-0.3, -0.25) is 4.79 Å². The van der Waals surface area contributed by atoms with Crippen LogP contribution in [0.15, 0.2) is 46.9 Å². The first-order valence-electron chi connectivity index (χ1n) is 10.0. The number of amides is 1. The van der Waals surface area contributed by atoms with Crippen LogP contribution in [0.25, 0.3) is 11.1 Å². The Bertz CT molecular complexity index is 1020. The van der Waals surface area contributed by atoms with Gasteiger partial charge in [-0.15, -0.1) is 0 Å². The first-order chi connectivity index (χ1) is 13.8. The van der Waals surface area contributed by atoms with Gasteiger partial charge in [-0.2, -0.15) is 4.98 Å². The minimum atomic E-state index is 0.0379. The molecule has 0 N–H and O–H groups in total. The third-order valence-electron chi connectivity index (χ3n) is 5.39. The van der Waals surface area contributed by atoms with Crippen LogP contribution in [0.1, 0.15) is 43.1 Å². The van der Waals surface area contributed by atoms with E-state index in [2.05, 4.69) is 37.8 Å². The maximum Gasteiger partial charge on any atom is 0.298 e. The van der Waals surface area contributed by atoms with Crippen LogP contribution in [0.4, 0.5) is 6.01 Å². The predicted molar refractivity (Wildman–Crippen MR) is 117 cm³/mol. The lowest BCUT2D eigenvalue weighted by Gasteiger charge is -2.21. The van der Waals surface area contributed by atoms with Gasteiger partial charge >= 0.3 is 0 Å². The monoisotopic (exact) mass is 411 g/mol. The Morgan fingerprint density at radius 1 is 1.03 bits per heavy atom. The summed E-state index contributed by atoms with van der Waals surface area (Å²) in [6.07, 6.45) is 0.866. The van der Waals surface area contributed by atoms with Gasteiger partial charge in [0, 0.05) is 36.8 Å². The zero-order chi connectivity index (χ0) is 20.6. The number of halogens is 1. The van der Waals surface area contributed by atoms with E-state index in [1.165, 1.54) is 5.56 Å². The highest BCUT2D eigenvalue weighted by Gasteiger charge is 2.23. The fraction of sp³-hybridized carbons (Fsp3) is 0.391. The number of hydrogen-bond acceptors (Lipinski definition) is 4. The van der Waals surface area contributed by atoms with Crippen LogP contribution in [-0.2, 0) is 5.41 Å². The van der Waals surface area contributed by atoms with Crippen LogP contribution in [0.2, 0.25) is 5.02 Å². The largest absolute Gasteiger partial charge is 0.423 e. The number of benzene rings is 2. The molecule has 0 bridgehead atoms. The molecule has 0 aliphatic carbocycles. The van der Waals surface area contributed by atoms with E-state index in [1.54, 1.807) is 24.3 Å². The molecule has 1 amide bonds. The zero-order valence-electron chi connectivity index (χ0n) is 17.1. The number of aromatic nitrogens is 1. The van der Waals surface area contributed by atoms with Crippen LogP contribution in [0.5, 0.6) is 0 Å². The third kappa shape index (κ3) is 4.25. The van der Waals surface area contributed by atoms with Crippen molar-refractivity contribution in [1.82, 2.24) is 9.88 Å². The predicted octanol–water partition coefficient (Wildman–Crippen LogP) is 5.13. The van der Waals surface area contributed by atoms with Crippen LogP contribution in [0.3, 0.4) is 0 Å². The molecule has 0 unspecified atom stereocenters. The quantitative estimate of drug-likeness (QED) is 0.586. The van der Waals surface area contributed by atoms with Crippen molar-refractivity contribution in [2.45, 2.75) is 32.6 Å². The standard InChI is InChI=1S/C23H26ClN3O2/c1-23(2,3)17-7-10-20-19(15-17)25-22(29-20)27-12-4-11-26(13-14-27)21(28)16-5-8-18(24)9-6-16/h5-10,15H,4,11-14H2,1-3H3. The molecule has 29 heavy (non-hydrogen) atoms. The van der Waals surface area contributed by atoms with Crippen LogP contribution >= 0.6 is 11.6 Å². The van der Waals surface area contributed by atoms with Crippen LogP contribution < -0.4 is 4.90 Å². The average molecular weight is 412 g/mol. The van der Waals surface area contributed by atoms with Crippen molar-refractivity contribution in [3.8, 4) is 0 Å². The Kier molecular flexibility index (Phi) is 5.26. The molecular formula is C23H26ClN3O2. The lowest BCUT2D eigenvalue weighted by atomic mass is 9.87. The molecule has 1 fully saturated rings. The summed E-state index contributed by atoms with van der Waals surface area (Å²) < 4.78 is 6.02. The van der Waals surface area contributed by atoms with Crippen LogP contribution in [0, 0.1) is 0 Å². The maximum atomic E-state index is 12.8. The molecule has 1 aromatic heterocycles. The maximum absolute atomic E-state index is 12.8. The fourth-order valence-electron chi connectivity index (χ4n) is 3.60. The topological polar surface area (TPSA) is 49.6 Å². The first-order valence-corrected chi connectivity index (χ1v) is 10.4. The molecular weight excluding hydrogens is 386 g/mol.